The number of nitrogens with one attached hydrogen (secondary N) is 1. The maximum absolute atomic E-state index is 12.2. The number of rotatable bonds is 1. The molecule has 0 aliphatic heterocycles. The molecule has 0 radical (unpaired) electrons. The van der Waals surface area contributed by atoms with Gasteiger partial charge >= 0.3 is 0 Å². The van der Waals surface area contributed by atoms with Gasteiger partial charge in [0.1, 0.15) is 20.1 Å². The fourth-order valence-corrected chi connectivity index (χ4v) is 3.08. The molecule has 0 aromatic carbocycles. The number of allylic oxidation sites excluding steroid dienone is 8. The van der Waals surface area contributed by atoms with E-state index < -0.39 is 59.4 Å². The molecule has 2 rings (SSSR count). The number of Topliss-reactive ketones (excluding diaryl/α,β-unsaturated/α-hetero) is 3. The Kier molecular flexibility index (Phi) is 4.93. The van der Waals surface area contributed by atoms with Gasteiger partial charge in [-0.15, -0.1) is 0 Å². The number of hydrogen-bond donors (Lipinski definition) is 1. The highest BCUT2D eigenvalue weighted by molar-refractivity contribution is 6.68. The Morgan fingerprint density at radius 1 is 0.500 bits per heavy atom. The fourth-order valence-electron chi connectivity index (χ4n) is 1.71. The predicted molar refractivity (Wildman–Crippen MR) is 86.0 cm³/mol. The predicted octanol–water partition coefficient (Wildman–Crippen LogP) is 4.10. The quantitative estimate of drug-likeness (QED) is 0.650. The van der Waals surface area contributed by atoms with Crippen LogP contribution in [0, 0.1) is 5.41 Å². The van der Waals surface area contributed by atoms with Gasteiger partial charge in [0.25, 0.3) is 0 Å². The Bertz CT molecular complexity index is 747. The van der Waals surface area contributed by atoms with Crippen LogP contribution in [0.1, 0.15) is 0 Å². The summed E-state index contributed by atoms with van der Waals surface area (Å²) in [6, 6.07) is 0. The zero-order valence-electron chi connectivity index (χ0n) is 9.99. The molecule has 1 N–H and O–H groups in total. The summed E-state index contributed by atoms with van der Waals surface area (Å²) in [4.78, 5) is 36.3. The first-order valence-electron chi connectivity index (χ1n) is 5.25. The van der Waals surface area contributed by atoms with Crippen molar-refractivity contribution in [2.75, 3.05) is 0 Å². The van der Waals surface area contributed by atoms with Gasteiger partial charge in [-0.05, 0) is 0 Å². The van der Waals surface area contributed by atoms with Crippen molar-refractivity contribution in [2.24, 2.45) is 0 Å². The summed E-state index contributed by atoms with van der Waals surface area (Å²) in [6.07, 6.45) is 0. The van der Waals surface area contributed by atoms with Gasteiger partial charge in [0, 0.05) is 0 Å². The number of carbonyl (C=O) groups excluding carboxylic acids is 3. The molecule has 0 fully saturated rings. The number of hydrogen-bond acceptors (Lipinski definition) is 4. The van der Waals surface area contributed by atoms with Gasteiger partial charge in [-0.1, -0.05) is 69.6 Å². The largest absolute Gasteiger partial charge is 0.298 e. The van der Waals surface area contributed by atoms with Crippen molar-refractivity contribution in [1.29, 1.82) is 5.41 Å². The molecule has 114 valence electrons. The topological polar surface area (TPSA) is 75.1 Å². The van der Waals surface area contributed by atoms with Crippen LogP contribution in [0.3, 0.4) is 0 Å². The summed E-state index contributed by atoms with van der Waals surface area (Å²) in [7, 11) is 0. The molecular formula is C12HCl6NO3. The molecule has 0 bridgehead atoms. The maximum Gasteiger partial charge on any atom is 0.218 e. The third kappa shape index (κ3) is 2.48. The molecule has 10 heteroatoms. The van der Waals surface area contributed by atoms with Gasteiger partial charge in [0.05, 0.1) is 26.9 Å². The van der Waals surface area contributed by atoms with E-state index in [-0.39, 0.29) is 5.03 Å². The van der Waals surface area contributed by atoms with Crippen LogP contribution in [-0.2, 0) is 14.4 Å². The highest BCUT2D eigenvalue weighted by Crippen LogP contribution is 2.41. The molecule has 0 aromatic rings. The SMILES string of the molecule is N=C1C(Cl)=C(Cl)C(=O)C(C2=C(Cl)C(=O)C(Cl)=C(Cl)C2=O)=C1Cl. The van der Waals surface area contributed by atoms with E-state index in [1.165, 1.54) is 0 Å². The number of halogens is 6. The van der Waals surface area contributed by atoms with E-state index in [2.05, 4.69) is 0 Å². The van der Waals surface area contributed by atoms with E-state index in [1.54, 1.807) is 0 Å². The van der Waals surface area contributed by atoms with Crippen molar-refractivity contribution in [2.45, 2.75) is 0 Å². The Hall–Kier alpha value is -0.620. The smallest absolute Gasteiger partial charge is 0.218 e. The molecule has 2 aliphatic carbocycles. The van der Waals surface area contributed by atoms with Gasteiger partial charge in [-0.2, -0.15) is 0 Å². The number of carbonyl (C=O) groups is 3. The van der Waals surface area contributed by atoms with Crippen LogP contribution in [0.15, 0.2) is 41.3 Å². The van der Waals surface area contributed by atoms with Gasteiger partial charge in [-0.25, -0.2) is 0 Å². The Morgan fingerprint density at radius 2 is 0.864 bits per heavy atom. The van der Waals surface area contributed by atoms with E-state index in [1.807, 2.05) is 0 Å². The lowest BCUT2D eigenvalue weighted by Gasteiger charge is -2.21. The summed E-state index contributed by atoms with van der Waals surface area (Å²) in [5.41, 5.74) is -1.58. The third-order valence-electron chi connectivity index (χ3n) is 2.76. The van der Waals surface area contributed by atoms with Crippen molar-refractivity contribution in [3.05, 3.63) is 41.3 Å². The van der Waals surface area contributed by atoms with Crippen LogP contribution in [0.25, 0.3) is 0 Å². The minimum Gasteiger partial charge on any atom is -0.298 e. The van der Waals surface area contributed by atoms with Crippen molar-refractivity contribution in [3.63, 3.8) is 0 Å². The van der Waals surface area contributed by atoms with Crippen LogP contribution in [0.5, 0.6) is 0 Å². The molecule has 2 aliphatic rings. The third-order valence-corrected chi connectivity index (χ3v) is 5.16. The molecule has 0 saturated heterocycles. The van der Waals surface area contributed by atoms with Crippen molar-refractivity contribution >= 4 is 92.7 Å². The lowest BCUT2D eigenvalue weighted by Crippen LogP contribution is -2.26. The first-order valence-corrected chi connectivity index (χ1v) is 7.51. The van der Waals surface area contributed by atoms with Crippen molar-refractivity contribution in [3.8, 4) is 0 Å². The lowest BCUT2D eigenvalue weighted by molar-refractivity contribution is -0.116. The Labute approximate surface area is 153 Å². The molecule has 0 unspecified atom stereocenters. The van der Waals surface area contributed by atoms with Crippen molar-refractivity contribution < 1.29 is 14.4 Å². The molecular weight excluding hydrogens is 419 g/mol. The highest BCUT2D eigenvalue weighted by Gasteiger charge is 2.40. The molecule has 0 spiro atoms. The highest BCUT2D eigenvalue weighted by atomic mass is 35.5. The van der Waals surface area contributed by atoms with Crippen LogP contribution in [-0.4, -0.2) is 23.1 Å². The van der Waals surface area contributed by atoms with Gasteiger partial charge in [-0.3, -0.25) is 19.8 Å². The minimum absolute atomic E-state index is 0.383. The second-order valence-electron chi connectivity index (χ2n) is 4.00. The Balaban J connectivity index is 2.76. The van der Waals surface area contributed by atoms with Crippen LogP contribution in [0.4, 0.5) is 0 Å². The first kappa shape index (κ1) is 17.7. The molecule has 0 saturated carbocycles. The van der Waals surface area contributed by atoms with Gasteiger partial charge < -0.3 is 0 Å². The van der Waals surface area contributed by atoms with E-state index in [0.29, 0.717) is 0 Å². The van der Waals surface area contributed by atoms with E-state index in [9.17, 15) is 14.4 Å². The minimum atomic E-state index is -0.979. The van der Waals surface area contributed by atoms with Crippen LogP contribution in [0.2, 0.25) is 0 Å². The normalized spacial score (nSPS) is 20.8. The summed E-state index contributed by atoms with van der Waals surface area (Å²) in [5, 5.41) is 4.48. The molecule has 0 heterocycles. The molecule has 0 aromatic heterocycles. The van der Waals surface area contributed by atoms with E-state index >= 15 is 0 Å². The maximum atomic E-state index is 12.2. The standard InChI is InChI=1S/C12HCl6NO3/c13-3-1(10(20)6(16)5(15)9(3)19)2-4(14)12(22)8(18)7(17)11(2)21/h19H. The van der Waals surface area contributed by atoms with Crippen LogP contribution < -0.4 is 0 Å². The zero-order valence-corrected chi connectivity index (χ0v) is 14.5. The summed E-state index contributed by atoms with van der Waals surface area (Å²) in [5.74, 6) is -2.88. The average molecular weight is 420 g/mol. The lowest BCUT2D eigenvalue weighted by atomic mass is 9.89. The first-order chi connectivity index (χ1) is 10.1. The summed E-state index contributed by atoms with van der Waals surface area (Å²) in [6.45, 7) is 0. The fraction of sp³-hybridized carbons (Fsp3) is 0. The second-order valence-corrected chi connectivity index (χ2v) is 6.26. The molecule has 4 nitrogen and oxygen atoms in total. The molecule has 22 heavy (non-hydrogen) atoms. The Morgan fingerprint density at radius 3 is 1.36 bits per heavy atom. The van der Waals surface area contributed by atoms with Gasteiger partial charge in [0.2, 0.25) is 17.3 Å². The van der Waals surface area contributed by atoms with E-state index in [0.717, 1.165) is 0 Å². The monoisotopic (exact) mass is 417 g/mol. The summed E-state index contributed by atoms with van der Waals surface area (Å²) >= 11 is 34.4. The average Bonchev–Trinajstić information content (AvgIpc) is 2.50. The second kappa shape index (κ2) is 6.11. The van der Waals surface area contributed by atoms with Crippen molar-refractivity contribution in [1.82, 2.24) is 0 Å². The number of ketones is 3. The molecule has 0 amide bonds. The van der Waals surface area contributed by atoms with E-state index in [4.69, 9.17) is 75.0 Å². The summed E-state index contributed by atoms with van der Waals surface area (Å²) < 4.78 is 0. The van der Waals surface area contributed by atoms with Gasteiger partial charge in [0.15, 0.2) is 0 Å². The molecule has 0 atom stereocenters. The van der Waals surface area contributed by atoms with Crippen LogP contribution >= 0.6 is 69.6 Å². The zero-order chi connectivity index (χ0) is 16.9.